The first kappa shape index (κ1) is 22.2. The van der Waals surface area contributed by atoms with E-state index in [0.29, 0.717) is 17.6 Å². The van der Waals surface area contributed by atoms with E-state index >= 15 is 0 Å². The van der Waals surface area contributed by atoms with E-state index in [-0.39, 0.29) is 24.7 Å². The second-order valence-electron chi connectivity index (χ2n) is 8.23. The lowest BCUT2D eigenvalue weighted by Crippen LogP contribution is -2.38. The molecule has 8 nitrogen and oxygen atoms in total. The quantitative estimate of drug-likeness (QED) is 0.241. The number of epoxide rings is 1. The molecule has 0 aromatic rings. The SMILES string of the molecule is C=C1C(=O)O[C@@H]2/C=C(/COC(C)=O)[C@@H](O)C[C@H]3O[C@]3(C)C[C@@H](OC(=O)/C(C)=C/C)[C@@H]12. The summed E-state index contributed by atoms with van der Waals surface area (Å²) in [7, 11) is 0. The standard InChI is InChI=1S/C22H28O8/c1-6-11(2)20(25)29-17-9-22(5)18(30-22)8-15(24)14(10-27-13(4)23)7-16-19(17)12(3)21(26)28-16/h6-7,15-19,24H,3,8-10H2,1-2,4-5H3/b11-6+,14-7-/t15-,16+,17+,18+,19-,22+/m0/s1. The molecule has 6 atom stereocenters. The first-order valence-electron chi connectivity index (χ1n) is 9.99. The molecule has 3 aliphatic rings. The molecular weight excluding hydrogens is 392 g/mol. The molecular formula is C22H28O8. The minimum absolute atomic E-state index is 0.144. The van der Waals surface area contributed by atoms with Gasteiger partial charge in [0, 0.05) is 30.9 Å². The van der Waals surface area contributed by atoms with Gasteiger partial charge in [0.2, 0.25) is 0 Å². The van der Waals surface area contributed by atoms with Gasteiger partial charge < -0.3 is 24.1 Å². The van der Waals surface area contributed by atoms with E-state index in [4.69, 9.17) is 18.9 Å². The predicted molar refractivity (Wildman–Crippen MR) is 105 cm³/mol. The number of aliphatic hydroxyl groups excluding tert-OH is 1. The maximum Gasteiger partial charge on any atom is 0.334 e. The third kappa shape index (κ3) is 4.49. The Balaban J connectivity index is 1.99. The normalized spacial score (nSPS) is 37.8. The van der Waals surface area contributed by atoms with Gasteiger partial charge in [0.15, 0.2) is 0 Å². The second-order valence-corrected chi connectivity index (χ2v) is 8.23. The first-order valence-corrected chi connectivity index (χ1v) is 9.99. The maximum absolute atomic E-state index is 12.5. The van der Waals surface area contributed by atoms with Crippen molar-refractivity contribution in [1.29, 1.82) is 0 Å². The molecule has 0 aromatic carbocycles. The number of carbonyl (C=O) groups excluding carboxylic acids is 3. The fourth-order valence-electron chi connectivity index (χ4n) is 3.94. The zero-order valence-electron chi connectivity index (χ0n) is 17.7. The molecule has 2 fully saturated rings. The summed E-state index contributed by atoms with van der Waals surface area (Å²) in [4.78, 5) is 36.1. The van der Waals surface area contributed by atoms with E-state index in [0.717, 1.165) is 0 Å². The molecule has 0 spiro atoms. The molecule has 0 amide bonds. The van der Waals surface area contributed by atoms with E-state index in [1.54, 1.807) is 26.0 Å². The number of aliphatic hydroxyl groups is 1. The summed E-state index contributed by atoms with van der Waals surface area (Å²) in [6, 6.07) is 0. The summed E-state index contributed by atoms with van der Waals surface area (Å²) in [6.07, 6.45) is 1.11. The van der Waals surface area contributed by atoms with Crippen molar-refractivity contribution < 1.29 is 38.4 Å². The molecule has 164 valence electrons. The van der Waals surface area contributed by atoms with Crippen molar-refractivity contribution in [1.82, 2.24) is 0 Å². The number of rotatable bonds is 4. The third-order valence-electron chi connectivity index (χ3n) is 6.00. The fraction of sp³-hybridized carbons (Fsp3) is 0.591. The van der Waals surface area contributed by atoms with Crippen LogP contribution in [0.1, 0.15) is 40.5 Å². The Kier molecular flexibility index (Phi) is 6.19. The molecule has 0 aromatic heterocycles. The Bertz CT molecular complexity index is 825. The van der Waals surface area contributed by atoms with Crippen molar-refractivity contribution in [2.24, 2.45) is 5.92 Å². The molecule has 0 saturated carbocycles. The average Bonchev–Trinajstić information content (AvgIpc) is 3.20. The van der Waals surface area contributed by atoms with Crippen LogP contribution in [0.3, 0.4) is 0 Å². The molecule has 0 bridgehead atoms. The Morgan fingerprint density at radius 1 is 1.40 bits per heavy atom. The number of ether oxygens (including phenoxy) is 4. The molecule has 1 aliphatic carbocycles. The van der Waals surface area contributed by atoms with Crippen molar-refractivity contribution in [3.8, 4) is 0 Å². The molecule has 0 unspecified atom stereocenters. The van der Waals surface area contributed by atoms with Gasteiger partial charge in [-0.15, -0.1) is 0 Å². The van der Waals surface area contributed by atoms with Gasteiger partial charge in [-0.1, -0.05) is 12.7 Å². The summed E-state index contributed by atoms with van der Waals surface area (Å²) in [5.74, 6) is -2.23. The molecule has 8 heteroatoms. The molecule has 2 heterocycles. The highest BCUT2D eigenvalue weighted by molar-refractivity contribution is 5.92. The summed E-state index contributed by atoms with van der Waals surface area (Å²) in [6.45, 7) is 10.2. The molecule has 1 N–H and O–H groups in total. The lowest BCUT2D eigenvalue weighted by Gasteiger charge is -2.29. The monoisotopic (exact) mass is 420 g/mol. The molecule has 3 rings (SSSR count). The third-order valence-corrected chi connectivity index (χ3v) is 6.00. The topological polar surface area (TPSA) is 112 Å². The number of allylic oxidation sites excluding steroid dienone is 1. The van der Waals surface area contributed by atoms with E-state index < -0.39 is 47.7 Å². The summed E-state index contributed by atoms with van der Waals surface area (Å²) < 4.78 is 22.1. The Labute approximate surface area is 175 Å². The van der Waals surface area contributed by atoms with Crippen molar-refractivity contribution in [3.05, 3.63) is 35.5 Å². The minimum Gasteiger partial charge on any atom is -0.461 e. The van der Waals surface area contributed by atoms with Crippen LogP contribution in [0.5, 0.6) is 0 Å². The van der Waals surface area contributed by atoms with Crippen LogP contribution in [-0.4, -0.2) is 59.6 Å². The van der Waals surface area contributed by atoms with Crippen molar-refractivity contribution in [2.75, 3.05) is 6.61 Å². The Morgan fingerprint density at radius 3 is 2.73 bits per heavy atom. The van der Waals surface area contributed by atoms with E-state index in [1.807, 2.05) is 6.92 Å². The van der Waals surface area contributed by atoms with Gasteiger partial charge in [-0.2, -0.15) is 0 Å². The van der Waals surface area contributed by atoms with E-state index in [1.165, 1.54) is 6.92 Å². The lowest BCUT2D eigenvalue weighted by molar-refractivity contribution is -0.148. The highest BCUT2D eigenvalue weighted by atomic mass is 16.6. The van der Waals surface area contributed by atoms with Crippen LogP contribution >= 0.6 is 0 Å². The van der Waals surface area contributed by atoms with Crippen molar-refractivity contribution in [3.63, 3.8) is 0 Å². The highest BCUT2D eigenvalue weighted by Crippen LogP contribution is 2.48. The van der Waals surface area contributed by atoms with Gasteiger partial charge >= 0.3 is 17.9 Å². The second kappa shape index (κ2) is 8.35. The largest absolute Gasteiger partial charge is 0.461 e. The fourth-order valence-corrected chi connectivity index (χ4v) is 3.94. The molecule has 2 saturated heterocycles. The van der Waals surface area contributed by atoms with Gasteiger partial charge in [0.25, 0.3) is 0 Å². The summed E-state index contributed by atoms with van der Waals surface area (Å²) in [5.41, 5.74) is 0.405. The molecule has 30 heavy (non-hydrogen) atoms. The van der Waals surface area contributed by atoms with Gasteiger partial charge in [-0.25, -0.2) is 9.59 Å². The van der Waals surface area contributed by atoms with Gasteiger partial charge in [0.1, 0.15) is 18.8 Å². The van der Waals surface area contributed by atoms with Crippen molar-refractivity contribution in [2.45, 2.75) is 70.6 Å². The van der Waals surface area contributed by atoms with Gasteiger partial charge in [-0.3, -0.25) is 4.79 Å². The first-order chi connectivity index (χ1) is 14.1. The summed E-state index contributed by atoms with van der Waals surface area (Å²) in [5, 5.41) is 10.7. The van der Waals surface area contributed by atoms with Gasteiger partial charge in [0.05, 0.1) is 23.7 Å². The zero-order valence-corrected chi connectivity index (χ0v) is 17.7. The number of carbonyl (C=O) groups is 3. The van der Waals surface area contributed by atoms with E-state index in [2.05, 4.69) is 6.58 Å². The smallest absolute Gasteiger partial charge is 0.334 e. The van der Waals surface area contributed by atoms with Crippen LogP contribution < -0.4 is 0 Å². The van der Waals surface area contributed by atoms with Crippen LogP contribution in [-0.2, 0) is 33.3 Å². The Hall–Kier alpha value is -2.45. The number of fused-ring (bicyclic) bond motifs is 2. The zero-order chi connectivity index (χ0) is 22.2. The molecule has 0 radical (unpaired) electrons. The molecule has 2 aliphatic heterocycles. The summed E-state index contributed by atoms with van der Waals surface area (Å²) >= 11 is 0. The number of hydrogen-bond donors (Lipinski definition) is 1. The van der Waals surface area contributed by atoms with Crippen LogP contribution in [0, 0.1) is 5.92 Å². The predicted octanol–water partition coefficient (Wildman–Crippen LogP) is 1.76. The van der Waals surface area contributed by atoms with Crippen LogP contribution in [0.2, 0.25) is 0 Å². The average molecular weight is 420 g/mol. The van der Waals surface area contributed by atoms with Crippen LogP contribution in [0.4, 0.5) is 0 Å². The van der Waals surface area contributed by atoms with Crippen LogP contribution in [0.15, 0.2) is 35.5 Å². The van der Waals surface area contributed by atoms with Crippen LogP contribution in [0.25, 0.3) is 0 Å². The number of hydrogen-bond acceptors (Lipinski definition) is 8. The van der Waals surface area contributed by atoms with Crippen molar-refractivity contribution >= 4 is 17.9 Å². The lowest BCUT2D eigenvalue weighted by atomic mass is 9.82. The van der Waals surface area contributed by atoms with E-state index in [9.17, 15) is 19.5 Å². The maximum atomic E-state index is 12.5. The minimum atomic E-state index is -0.936. The van der Waals surface area contributed by atoms with Gasteiger partial charge in [-0.05, 0) is 32.4 Å². The highest BCUT2D eigenvalue weighted by Gasteiger charge is 2.57. The Morgan fingerprint density at radius 2 is 2.10 bits per heavy atom. The number of esters is 3.